The Bertz CT molecular complexity index is 900. The minimum atomic E-state index is 0.490. The van der Waals surface area contributed by atoms with Gasteiger partial charge in [-0.15, -0.1) is 0 Å². The zero-order valence-corrected chi connectivity index (χ0v) is 13.6. The van der Waals surface area contributed by atoms with Crippen molar-refractivity contribution < 1.29 is 4.74 Å². The van der Waals surface area contributed by atoms with E-state index >= 15 is 0 Å². The van der Waals surface area contributed by atoms with Crippen molar-refractivity contribution in [2.75, 3.05) is 23.8 Å². The van der Waals surface area contributed by atoms with Crippen LogP contribution in [0, 0.1) is 0 Å². The van der Waals surface area contributed by atoms with Gasteiger partial charge in [-0.3, -0.25) is 4.98 Å². The molecule has 0 saturated carbocycles. The van der Waals surface area contributed by atoms with Crippen LogP contribution in [0.15, 0.2) is 54.9 Å². The molecule has 1 aliphatic rings. The molecule has 2 N–H and O–H groups in total. The summed E-state index contributed by atoms with van der Waals surface area (Å²) in [4.78, 5) is 10.7. The van der Waals surface area contributed by atoms with E-state index in [1.807, 2.05) is 42.5 Å². The van der Waals surface area contributed by atoms with Crippen LogP contribution in [-0.4, -0.2) is 23.1 Å². The lowest BCUT2D eigenvalue weighted by Gasteiger charge is -2.31. The smallest absolute Gasteiger partial charge is 0.161 e. The first-order valence-electron chi connectivity index (χ1n) is 7.58. The van der Waals surface area contributed by atoms with Crippen LogP contribution in [-0.2, 0) is 0 Å². The van der Waals surface area contributed by atoms with Crippen molar-refractivity contribution in [1.29, 1.82) is 0 Å². The first-order chi connectivity index (χ1) is 11.7. The van der Waals surface area contributed by atoms with Crippen molar-refractivity contribution in [2.45, 2.75) is 0 Å². The molecule has 0 aliphatic carbocycles. The molecule has 24 heavy (non-hydrogen) atoms. The standard InChI is InChI=1S/C18H15ClN4O/c19-13-3-1-2-12(8-13)15-10-16-17(11-22-15)24-7-6-23(16)14-4-5-21-18(20)9-14/h1-5,8-11H,6-7H2,(H2,20,21). The van der Waals surface area contributed by atoms with E-state index in [-0.39, 0.29) is 0 Å². The molecular formula is C18H15ClN4O. The molecule has 0 amide bonds. The first-order valence-corrected chi connectivity index (χ1v) is 7.96. The molecule has 3 heterocycles. The average Bonchev–Trinajstić information content (AvgIpc) is 2.61. The predicted molar refractivity (Wildman–Crippen MR) is 95.8 cm³/mol. The molecule has 0 radical (unpaired) electrons. The number of hydrogen-bond acceptors (Lipinski definition) is 5. The van der Waals surface area contributed by atoms with Crippen LogP contribution in [0.2, 0.25) is 5.02 Å². The highest BCUT2D eigenvalue weighted by molar-refractivity contribution is 6.30. The van der Waals surface area contributed by atoms with Crippen LogP contribution in [0.5, 0.6) is 5.75 Å². The molecule has 5 nitrogen and oxygen atoms in total. The lowest BCUT2D eigenvalue weighted by Crippen LogP contribution is -2.28. The zero-order valence-electron chi connectivity index (χ0n) is 12.8. The molecule has 0 atom stereocenters. The lowest BCUT2D eigenvalue weighted by molar-refractivity contribution is 0.313. The van der Waals surface area contributed by atoms with E-state index in [0.29, 0.717) is 17.4 Å². The van der Waals surface area contributed by atoms with Crippen molar-refractivity contribution in [3.63, 3.8) is 0 Å². The van der Waals surface area contributed by atoms with Crippen LogP contribution in [0.4, 0.5) is 17.2 Å². The number of halogens is 1. The molecule has 120 valence electrons. The molecule has 3 aromatic rings. The highest BCUT2D eigenvalue weighted by Gasteiger charge is 2.21. The Morgan fingerprint density at radius 3 is 2.88 bits per heavy atom. The summed E-state index contributed by atoms with van der Waals surface area (Å²) in [6, 6.07) is 13.4. The van der Waals surface area contributed by atoms with Crippen molar-refractivity contribution in [1.82, 2.24) is 9.97 Å². The first kappa shape index (κ1) is 14.8. The third-order valence-corrected chi connectivity index (χ3v) is 4.14. The predicted octanol–water partition coefficient (Wildman–Crippen LogP) is 3.91. The van der Waals surface area contributed by atoms with Gasteiger partial charge in [0.1, 0.15) is 12.4 Å². The minimum Gasteiger partial charge on any atom is -0.488 e. The fourth-order valence-electron chi connectivity index (χ4n) is 2.80. The second kappa shape index (κ2) is 6.02. The van der Waals surface area contributed by atoms with Crippen molar-refractivity contribution in [2.24, 2.45) is 0 Å². The largest absolute Gasteiger partial charge is 0.488 e. The van der Waals surface area contributed by atoms with E-state index in [0.717, 1.165) is 34.9 Å². The Balaban J connectivity index is 1.80. The number of aromatic nitrogens is 2. The lowest BCUT2D eigenvalue weighted by atomic mass is 10.1. The highest BCUT2D eigenvalue weighted by Crippen LogP contribution is 2.38. The topological polar surface area (TPSA) is 64.3 Å². The maximum Gasteiger partial charge on any atom is 0.161 e. The van der Waals surface area contributed by atoms with Crippen LogP contribution in [0.25, 0.3) is 11.3 Å². The quantitative estimate of drug-likeness (QED) is 0.767. The molecule has 0 fully saturated rings. The SMILES string of the molecule is Nc1cc(N2CCOc3cnc(-c4cccc(Cl)c4)cc32)ccn1. The number of ether oxygens (including phenoxy) is 1. The fraction of sp³-hybridized carbons (Fsp3) is 0.111. The van der Waals surface area contributed by atoms with E-state index in [4.69, 9.17) is 22.1 Å². The maximum absolute atomic E-state index is 6.10. The van der Waals surface area contributed by atoms with E-state index < -0.39 is 0 Å². The molecule has 0 unspecified atom stereocenters. The van der Waals surface area contributed by atoms with Crippen LogP contribution in [0.1, 0.15) is 0 Å². The van der Waals surface area contributed by atoms with E-state index in [1.54, 1.807) is 12.4 Å². The summed E-state index contributed by atoms with van der Waals surface area (Å²) in [7, 11) is 0. The van der Waals surface area contributed by atoms with Crippen molar-refractivity contribution >= 4 is 28.8 Å². The maximum atomic E-state index is 6.10. The van der Waals surface area contributed by atoms with E-state index in [9.17, 15) is 0 Å². The fourth-order valence-corrected chi connectivity index (χ4v) is 2.99. The highest BCUT2D eigenvalue weighted by atomic mass is 35.5. The number of nitrogens with zero attached hydrogens (tertiary/aromatic N) is 3. The van der Waals surface area contributed by atoms with Gasteiger partial charge in [-0.2, -0.15) is 0 Å². The Morgan fingerprint density at radius 1 is 1.12 bits per heavy atom. The Morgan fingerprint density at radius 2 is 2.04 bits per heavy atom. The Hall–Kier alpha value is -2.79. The summed E-state index contributed by atoms with van der Waals surface area (Å²) in [6.45, 7) is 1.32. The third-order valence-electron chi connectivity index (χ3n) is 3.91. The van der Waals surface area contributed by atoms with Crippen LogP contribution in [0.3, 0.4) is 0 Å². The second-order valence-corrected chi connectivity index (χ2v) is 5.92. The zero-order chi connectivity index (χ0) is 16.5. The number of benzene rings is 1. The number of pyridine rings is 2. The summed E-state index contributed by atoms with van der Waals surface area (Å²) in [5, 5.41) is 0.682. The number of anilines is 3. The van der Waals surface area contributed by atoms with E-state index in [2.05, 4.69) is 14.9 Å². The van der Waals surface area contributed by atoms with Gasteiger partial charge < -0.3 is 15.4 Å². The Kier molecular flexibility index (Phi) is 3.70. The summed E-state index contributed by atoms with van der Waals surface area (Å²) in [5.74, 6) is 1.24. The van der Waals surface area contributed by atoms with E-state index in [1.165, 1.54) is 0 Å². The average molecular weight is 339 g/mol. The van der Waals surface area contributed by atoms with Crippen LogP contribution >= 0.6 is 11.6 Å². The summed E-state index contributed by atoms with van der Waals surface area (Å²) < 4.78 is 5.74. The van der Waals surface area contributed by atoms with Gasteiger partial charge in [0.2, 0.25) is 0 Å². The molecule has 1 aliphatic heterocycles. The van der Waals surface area contributed by atoms with Crippen molar-refractivity contribution in [3.8, 4) is 17.0 Å². The van der Waals surface area contributed by atoms with Gasteiger partial charge in [-0.05, 0) is 24.3 Å². The second-order valence-electron chi connectivity index (χ2n) is 5.49. The summed E-state index contributed by atoms with van der Waals surface area (Å²) in [6.07, 6.45) is 3.46. The molecule has 0 bridgehead atoms. The van der Waals surface area contributed by atoms with Gasteiger partial charge in [0.15, 0.2) is 5.75 Å². The number of fused-ring (bicyclic) bond motifs is 1. The summed E-state index contributed by atoms with van der Waals surface area (Å²) >= 11 is 6.10. The monoisotopic (exact) mass is 338 g/mol. The normalized spacial score (nSPS) is 13.3. The van der Waals surface area contributed by atoms with Crippen molar-refractivity contribution in [3.05, 3.63) is 59.9 Å². The number of hydrogen-bond donors (Lipinski definition) is 1. The van der Waals surface area contributed by atoms with Gasteiger partial charge in [-0.25, -0.2) is 4.98 Å². The molecule has 0 spiro atoms. The Labute approximate surface area is 144 Å². The number of nitrogens with two attached hydrogens (primary N) is 1. The molecule has 2 aromatic heterocycles. The molecule has 1 aromatic carbocycles. The van der Waals surface area contributed by atoms with Gasteiger partial charge >= 0.3 is 0 Å². The number of rotatable bonds is 2. The third kappa shape index (κ3) is 2.74. The minimum absolute atomic E-state index is 0.490. The van der Waals surface area contributed by atoms with Gasteiger partial charge in [-0.1, -0.05) is 23.7 Å². The molecule has 0 saturated heterocycles. The molecule has 4 rings (SSSR count). The van der Waals surface area contributed by atoms with Crippen LogP contribution < -0.4 is 15.4 Å². The summed E-state index contributed by atoms with van der Waals surface area (Å²) in [5.41, 5.74) is 9.57. The molecule has 6 heteroatoms. The number of nitrogen functional groups attached to an aromatic ring is 1. The van der Waals surface area contributed by atoms with Gasteiger partial charge in [0, 0.05) is 28.5 Å². The van der Waals surface area contributed by atoms with Gasteiger partial charge in [0.25, 0.3) is 0 Å². The van der Waals surface area contributed by atoms with Gasteiger partial charge in [0.05, 0.1) is 24.1 Å². The molecular weight excluding hydrogens is 324 g/mol.